The molecule has 2 N–H and O–H groups in total. The van der Waals surface area contributed by atoms with E-state index in [1.54, 1.807) is 31.4 Å². The molecule has 6 nitrogen and oxygen atoms in total. The van der Waals surface area contributed by atoms with E-state index in [0.717, 1.165) is 11.1 Å². The number of hydrogen-bond acceptors (Lipinski definition) is 5. The fourth-order valence-corrected chi connectivity index (χ4v) is 2.88. The summed E-state index contributed by atoms with van der Waals surface area (Å²) in [5.41, 5.74) is 2.57. The minimum absolute atomic E-state index is 0.141. The number of oxime groups is 1. The molecule has 0 aliphatic heterocycles. The molecule has 3 rings (SSSR count). The number of nitrogens with zero attached hydrogens (tertiary/aromatic N) is 1. The molecule has 1 unspecified atom stereocenters. The second kappa shape index (κ2) is 9.94. The molecule has 0 fully saturated rings. The van der Waals surface area contributed by atoms with Crippen LogP contribution >= 0.6 is 0 Å². The third-order valence-corrected chi connectivity index (χ3v) is 4.37. The number of carbonyl (C=O) groups is 1. The molecule has 1 amide bonds. The van der Waals surface area contributed by atoms with E-state index in [1.165, 1.54) is 0 Å². The summed E-state index contributed by atoms with van der Waals surface area (Å²) in [5.74, 6) is 0.678. The van der Waals surface area contributed by atoms with Gasteiger partial charge in [-0.15, -0.1) is 0 Å². The van der Waals surface area contributed by atoms with Gasteiger partial charge in [-0.1, -0.05) is 65.8 Å². The number of amides is 1. The van der Waals surface area contributed by atoms with Crippen molar-refractivity contribution >= 4 is 11.8 Å². The maximum Gasteiger partial charge on any atom is 0.408 e. The Morgan fingerprint density at radius 3 is 2.17 bits per heavy atom. The first-order chi connectivity index (χ1) is 14.2. The lowest BCUT2D eigenvalue weighted by atomic mass is 9.96. The first-order valence-electron chi connectivity index (χ1n) is 9.10. The van der Waals surface area contributed by atoms with Crippen LogP contribution in [-0.2, 0) is 11.3 Å². The molecular formula is C23H22N2O4. The van der Waals surface area contributed by atoms with Crippen LogP contribution in [0.25, 0.3) is 0 Å². The highest BCUT2D eigenvalue weighted by Gasteiger charge is 2.23. The maximum absolute atomic E-state index is 12.5. The Morgan fingerprint density at radius 2 is 1.59 bits per heavy atom. The fourth-order valence-electron chi connectivity index (χ4n) is 2.88. The van der Waals surface area contributed by atoms with Gasteiger partial charge in [-0.25, -0.2) is 4.79 Å². The normalized spacial score (nSPS) is 12.1. The van der Waals surface area contributed by atoms with Crippen LogP contribution in [0.15, 0.2) is 90.1 Å². The third-order valence-electron chi connectivity index (χ3n) is 4.37. The lowest BCUT2D eigenvalue weighted by Gasteiger charge is -2.20. The summed E-state index contributed by atoms with van der Waals surface area (Å²) in [6.45, 7) is 0.141. The number of carbonyl (C=O) groups excluding carboxylic acids is 1. The second-order valence-electron chi connectivity index (χ2n) is 6.26. The molecule has 148 valence electrons. The number of methoxy groups -OCH3 is 1. The molecule has 0 radical (unpaired) electrons. The van der Waals surface area contributed by atoms with Gasteiger partial charge in [0.2, 0.25) is 0 Å². The average Bonchev–Trinajstić information content (AvgIpc) is 2.79. The molecule has 0 saturated heterocycles. The number of nitrogens with one attached hydrogen (secondary N) is 1. The molecule has 0 aromatic heterocycles. The number of rotatable bonds is 7. The van der Waals surface area contributed by atoms with E-state index in [1.807, 2.05) is 60.7 Å². The van der Waals surface area contributed by atoms with Gasteiger partial charge in [0, 0.05) is 5.56 Å². The number of hydrogen-bond donors (Lipinski definition) is 2. The van der Waals surface area contributed by atoms with Crippen LogP contribution in [-0.4, -0.2) is 24.1 Å². The van der Waals surface area contributed by atoms with Crippen LogP contribution in [0, 0.1) is 0 Å². The largest absolute Gasteiger partial charge is 0.497 e. The Hall–Kier alpha value is -3.80. The van der Waals surface area contributed by atoms with Crippen molar-refractivity contribution in [2.24, 2.45) is 5.16 Å². The summed E-state index contributed by atoms with van der Waals surface area (Å²) < 4.78 is 10.5. The van der Waals surface area contributed by atoms with Crippen molar-refractivity contribution in [1.82, 2.24) is 5.32 Å². The minimum atomic E-state index is -0.696. The zero-order chi connectivity index (χ0) is 20.5. The van der Waals surface area contributed by atoms with Gasteiger partial charge in [-0.2, -0.15) is 0 Å². The molecule has 3 aromatic carbocycles. The lowest BCUT2D eigenvalue weighted by molar-refractivity contribution is 0.138. The predicted octanol–water partition coefficient (Wildman–Crippen LogP) is 4.54. The number of alkyl carbamates (subject to hydrolysis) is 1. The van der Waals surface area contributed by atoms with Crippen molar-refractivity contribution in [3.05, 3.63) is 102 Å². The van der Waals surface area contributed by atoms with Crippen molar-refractivity contribution < 1.29 is 19.5 Å². The van der Waals surface area contributed by atoms with Gasteiger partial charge >= 0.3 is 6.09 Å². The number of ether oxygens (including phenoxy) is 2. The van der Waals surface area contributed by atoms with Gasteiger partial charge in [0.05, 0.1) is 7.11 Å². The fraction of sp³-hybridized carbons (Fsp3) is 0.130. The van der Waals surface area contributed by atoms with Crippen molar-refractivity contribution in [1.29, 1.82) is 0 Å². The molecule has 6 heteroatoms. The molecular weight excluding hydrogens is 368 g/mol. The molecule has 29 heavy (non-hydrogen) atoms. The van der Waals surface area contributed by atoms with Crippen LogP contribution in [0.1, 0.15) is 22.7 Å². The highest BCUT2D eigenvalue weighted by Crippen LogP contribution is 2.22. The summed E-state index contributed by atoms with van der Waals surface area (Å²) >= 11 is 0. The quantitative estimate of drug-likeness (QED) is 0.353. The molecule has 1 atom stereocenters. The molecule has 0 aliphatic carbocycles. The van der Waals surface area contributed by atoms with Crippen LogP contribution in [0.2, 0.25) is 0 Å². The van der Waals surface area contributed by atoms with Crippen molar-refractivity contribution in [3.63, 3.8) is 0 Å². The van der Waals surface area contributed by atoms with Gasteiger partial charge < -0.3 is 20.0 Å². The van der Waals surface area contributed by atoms with E-state index in [4.69, 9.17) is 9.47 Å². The van der Waals surface area contributed by atoms with E-state index < -0.39 is 12.1 Å². The first-order valence-corrected chi connectivity index (χ1v) is 9.10. The van der Waals surface area contributed by atoms with Gasteiger partial charge in [0.25, 0.3) is 0 Å². The monoisotopic (exact) mass is 390 g/mol. The van der Waals surface area contributed by atoms with E-state index in [9.17, 15) is 10.0 Å². The summed E-state index contributed by atoms with van der Waals surface area (Å²) in [6, 6.07) is 25.0. The van der Waals surface area contributed by atoms with Crippen LogP contribution in [0.5, 0.6) is 5.75 Å². The van der Waals surface area contributed by atoms with Gasteiger partial charge in [0.1, 0.15) is 24.1 Å². The van der Waals surface area contributed by atoms with Crippen LogP contribution < -0.4 is 10.1 Å². The van der Waals surface area contributed by atoms with E-state index in [2.05, 4.69) is 10.5 Å². The van der Waals surface area contributed by atoms with E-state index in [0.29, 0.717) is 11.3 Å². The Balaban J connectivity index is 1.81. The summed E-state index contributed by atoms with van der Waals surface area (Å²) in [6.07, 6.45) is -0.614. The summed E-state index contributed by atoms with van der Waals surface area (Å²) in [4.78, 5) is 12.5. The summed E-state index contributed by atoms with van der Waals surface area (Å²) in [7, 11) is 1.58. The standard InChI is InChI=1S/C23H22N2O4/c1-28-20-14-12-19(13-15-20)22(25-27)21(18-10-6-3-7-11-18)24-23(26)29-16-17-8-4-2-5-9-17/h2-15,21,27H,16H2,1H3,(H,24,26)/b25-22+. The first kappa shape index (κ1) is 19.9. The Labute approximate surface area is 169 Å². The Kier molecular flexibility index (Phi) is 6.84. The SMILES string of the molecule is COc1ccc(/C(=N\O)C(NC(=O)OCc2ccccc2)c2ccccc2)cc1. The Morgan fingerprint density at radius 1 is 0.966 bits per heavy atom. The molecule has 0 aliphatic rings. The van der Waals surface area contributed by atoms with Crippen LogP contribution in [0.3, 0.4) is 0 Å². The van der Waals surface area contributed by atoms with Gasteiger partial charge in [0.15, 0.2) is 0 Å². The third kappa shape index (κ3) is 5.35. The predicted molar refractivity (Wildman–Crippen MR) is 110 cm³/mol. The van der Waals surface area contributed by atoms with Crippen molar-refractivity contribution in [2.75, 3.05) is 7.11 Å². The smallest absolute Gasteiger partial charge is 0.408 e. The zero-order valence-electron chi connectivity index (χ0n) is 16.0. The van der Waals surface area contributed by atoms with Gasteiger partial charge in [-0.3, -0.25) is 0 Å². The van der Waals surface area contributed by atoms with E-state index >= 15 is 0 Å². The minimum Gasteiger partial charge on any atom is -0.497 e. The van der Waals surface area contributed by atoms with Crippen molar-refractivity contribution in [2.45, 2.75) is 12.6 Å². The molecule has 0 spiro atoms. The topological polar surface area (TPSA) is 80.2 Å². The van der Waals surface area contributed by atoms with Crippen LogP contribution in [0.4, 0.5) is 4.79 Å². The maximum atomic E-state index is 12.5. The number of benzene rings is 3. The summed E-state index contributed by atoms with van der Waals surface area (Å²) in [5, 5.41) is 16.0. The van der Waals surface area contributed by atoms with E-state index in [-0.39, 0.29) is 12.3 Å². The second-order valence-corrected chi connectivity index (χ2v) is 6.26. The highest BCUT2D eigenvalue weighted by molar-refractivity contribution is 6.05. The molecule has 0 saturated carbocycles. The average molecular weight is 390 g/mol. The molecule has 3 aromatic rings. The lowest BCUT2D eigenvalue weighted by Crippen LogP contribution is -2.34. The molecule has 0 bridgehead atoms. The zero-order valence-corrected chi connectivity index (χ0v) is 16.0. The van der Waals surface area contributed by atoms with Crippen molar-refractivity contribution in [3.8, 4) is 5.75 Å². The highest BCUT2D eigenvalue weighted by atomic mass is 16.5. The Bertz CT molecular complexity index is 942. The molecule has 0 heterocycles. The van der Waals surface area contributed by atoms with Gasteiger partial charge in [-0.05, 0) is 35.4 Å².